The van der Waals surface area contributed by atoms with Gasteiger partial charge < -0.3 is 4.74 Å². The molecule has 0 N–H and O–H groups in total. The minimum absolute atomic E-state index is 0. The van der Waals surface area contributed by atoms with Gasteiger partial charge in [0.2, 0.25) is 0 Å². The Morgan fingerprint density at radius 1 is 1.33 bits per heavy atom. The fourth-order valence-corrected chi connectivity index (χ4v) is 0.718. The van der Waals surface area contributed by atoms with E-state index in [1.807, 2.05) is 6.07 Å². The van der Waals surface area contributed by atoms with Gasteiger partial charge in [-0.3, -0.25) is 0 Å². The Bertz CT molecular complexity index is 256. The van der Waals surface area contributed by atoms with E-state index in [9.17, 15) is 4.79 Å². The van der Waals surface area contributed by atoms with Crippen molar-refractivity contribution >= 4 is 5.97 Å². The SMILES string of the molecule is C=COC(=O)c1ccccc1.[Fe+3]. The van der Waals surface area contributed by atoms with Crippen molar-refractivity contribution in [2.45, 2.75) is 0 Å². The molecule has 0 atom stereocenters. The zero-order valence-electron chi connectivity index (χ0n) is 6.34. The second kappa shape index (κ2) is 5.58. The summed E-state index contributed by atoms with van der Waals surface area (Å²) in [6, 6.07) is 8.77. The Morgan fingerprint density at radius 2 is 1.92 bits per heavy atom. The number of hydrogen-bond acceptors (Lipinski definition) is 2. The van der Waals surface area contributed by atoms with E-state index in [2.05, 4.69) is 11.3 Å². The molecule has 1 rings (SSSR count). The number of carbonyl (C=O) groups excluding carboxylic acids is 1. The molecule has 0 bridgehead atoms. The van der Waals surface area contributed by atoms with Crippen LogP contribution in [0, 0.1) is 0 Å². The van der Waals surface area contributed by atoms with Gasteiger partial charge in [-0.05, 0) is 12.1 Å². The second-order valence-electron chi connectivity index (χ2n) is 1.94. The Morgan fingerprint density at radius 3 is 2.42 bits per heavy atom. The standard InChI is InChI=1S/C9H8O2.Fe/c1-2-11-9(10)8-6-4-3-5-7-8;/h2-7H,1H2;/q;+3. The second-order valence-corrected chi connectivity index (χ2v) is 1.94. The van der Waals surface area contributed by atoms with Crippen LogP contribution in [0.5, 0.6) is 0 Å². The van der Waals surface area contributed by atoms with Gasteiger partial charge in [0, 0.05) is 0 Å². The molecule has 0 saturated carbocycles. The first-order chi connectivity index (χ1) is 5.34. The van der Waals surface area contributed by atoms with Gasteiger partial charge in [0.05, 0.1) is 11.8 Å². The molecule has 2 nitrogen and oxygen atoms in total. The van der Waals surface area contributed by atoms with Crippen molar-refractivity contribution in [3.63, 3.8) is 0 Å². The van der Waals surface area contributed by atoms with E-state index >= 15 is 0 Å². The molecule has 0 heterocycles. The fourth-order valence-electron chi connectivity index (χ4n) is 0.718. The molecule has 0 aliphatic rings. The third-order valence-corrected chi connectivity index (χ3v) is 1.20. The van der Waals surface area contributed by atoms with E-state index < -0.39 is 0 Å². The smallest absolute Gasteiger partial charge is 0.432 e. The van der Waals surface area contributed by atoms with Crippen molar-refractivity contribution in [3.8, 4) is 0 Å². The van der Waals surface area contributed by atoms with Gasteiger partial charge >= 0.3 is 23.0 Å². The number of hydrogen-bond donors (Lipinski definition) is 0. The average Bonchev–Trinajstić information content (AvgIpc) is 2.07. The van der Waals surface area contributed by atoms with Crippen LogP contribution in [-0.4, -0.2) is 5.97 Å². The summed E-state index contributed by atoms with van der Waals surface area (Å²) in [5, 5.41) is 0. The average molecular weight is 204 g/mol. The van der Waals surface area contributed by atoms with Gasteiger partial charge in [0.1, 0.15) is 0 Å². The van der Waals surface area contributed by atoms with E-state index in [0.29, 0.717) is 5.56 Å². The summed E-state index contributed by atoms with van der Waals surface area (Å²) in [7, 11) is 0. The van der Waals surface area contributed by atoms with E-state index in [0.717, 1.165) is 6.26 Å². The number of ether oxygens (including phenoxy) is 1. The topological polar surface area (TPSA) is 26.3 Å². The minimum atomic E-state index is -0.374. The Labute approximate surface area is 81.7 Å². The van der Waals surface area contributed by atoms with Gasteiger partial charge in [-0.25, -0.2) is 4.79 Å². The molecule has 0 aromatic heterocycles. The van der Waals surface area contributed by atoms with Crippen LogP contribution in [0.2, 0.25) is 0 Å². The maximum atomic E-state index is 11.0. The van der Waals surface area contributed by atoms with E-state index in [1.54, 1.807) is 24.3 Å². The van der Waals surface area contributed by atoms with Crippen LogP contribution >= 0.6 is 0 Å². The maximum absolute atomic E-state index is 11.0. The first kappa shape index (κ1) is 10.9. The van der Waals surface area contributed by atoms with Crippen molar-refractivity contribution in [2.24, 2.45) is 0 Å². The summed E-state index contributed by atoms with van der Waals surface area (Å²) in [6.45, 7) is 3.28. The van der Waals surface area contributed by atoms with Gasteiger partial charge in [-0.15, -0.1) is 0 Å². The monoisotopic (exact) mass is 204 g/mol. The number of esters is 1. The zero-order valence-corrected chi connectivity index (χ0v) is 7.45. The van der Waals surface area contributed by atoms with Crippen LogP contribution in [0.1, 0.15) is 10.4 Å². The van der Waals surface area contributed by atoms with Crippen molar-refractivity contribution in [1.82, 2.24) is 0 Å². The van der Waals surface area contributed by atoms with Gasteiger partial charge in [-0.1, -0.05) is 24.8 Å². The minimum Gasteiger partial charge on any atom is -0.432 e. The molecule has 0 fully saturated rings. The van der Waals surface area contributed by atoms with Crippen LogP contribution in [-0.2, 0) is 21.8 Å². The van der Waals surface area contributed by atoms with E-state index in [-0.39, 0.29) is 23.0 Å². The van der Waals surface area contributed by atoms with Crippen molar-refractivity contribution in [3.05, 3.63) is 48.7 Å². The first-order valence-corrected chi connectivity index (χ1v) is 3.21. The normalized spacial score (nSPS) is 8.00. The molecule has 1 radical (unpaired) electrons. The molecular weight excluding hydrogens is 196 g/mol. The molecule has 0 spiro atoms. The quantitative estimate of drug-likeness (QED) is 0.418. The first-order valence-electron chi connectivity index (χ1n) is 3.21. The van der Waals surface area contributed by atoms with Gasteiger partial charge in [0.15, 0.2) is 0 Å². The largest absolute Gasteiger partial charge is 3.00 e. The third kappa shape index (κ3) is 2.91. The summed E-state index contributed by atoms with van der Waals surface area (Å²) in [5.74, 6) is -0.374. The Balaban J connectivity index is 0.00000121. The molecular formula is C9H8FeO2+3. The van der Waals surface area contributed by atoms with Crippen molar-refractivity contribution < 1.29 is 26.6 Å². The Kier molecular flexibility index (Phi) is 5.09. The molecule has 0 unspecified atom stereocenters. The molecule has 0 aliphatic carbocycles. The predicted octanol–water partition coefficient (Wildman–Crippen LogP) is 1.98. The molecule has 0 saturated heterocycles. The molecule has 1 aromatic carbocycles. The van der Waals surface area contributed by atoms with Crippen LogP contribution < -0.4 is 0 Å². The predicted molar refractivity (Wildman–Crippen MR) is 42.1 cm³/mol. The van der Waals surface area contributed by atoms with Gasteiger partial charge in [-0.2, -0.15) is 0 Å². The Hall–Kier alpha value is -1.05. The number of carbonyl (C=O) groups is 1. The maximum Gasteiger partial charge on any atom is 3.00 e. The van der Waals surface area contributed by atoms with Crippen LogP contribution in [0.15, 0.2) is 43.2 Å². The summed E-state index contributed by atoms with van der Waals surface area (Å²) in [4.78, 5) is 11.0. The van der Waals surface area contributed by atoms with Crippen LogP contribution in [0.4, 0.5) is 0 Å². The number of benzene rings is 1. The molecule has 0 amide bonds. The summed E-state index contributed by atoms with van der Waals surface area (Å²) < 4.78 is 4.55. The van der Waals surface area contributed by atoms with Crippen molar-refractivity contribution in [2.75, 3.05) is 0 Å². The van der Waals surface area contributed by atoms with Crippen LogP contribution in [0.25, 0.3) is 0 Å². The third-order valence-electron chi connectivity index (χ3n) is 1.20. The molecule has 1 aromatic rings. The van der Waals surface area contributed by atoms with E-state index in [1.165, 1.54) is 0 Å². The summed E-state index contributed by atoms with van der Waals surface area (Å²) >= 11 is 0. The molecule has 12 heavy (non-hydrogen) atoms. The summed E-state index contributed by atoms with van der Waals surface area (Å²) in [5.41, 5.74) is 0.535. The molecule has 0 aliphatic heterocycles. The van der Waals surface area contributed by atoms with Gasteiger partial charge in [0.25, 0.3) is 0 Å². The zero-order chi connectivity index (χ0) is 8.10. The van der Waals surface area contributed by atoms with Crippen LogP contribution in [0.3, 0.4) is 0 Å². The van der Waals surface area contributed by atoms with Crippen molar-refractivity contribution in [1.29, 1.82) is 0 Å². The molecule has 61 valence electrons. The fraction of sp³-hybridized carbons (Fsp3) is 0. The van der Waals surface area contributed by atoms with E-state index in [4.69, 9.17) is 0 Å². The number of rotatable bonds is 2. The summed E-state index contributed by atoms with van der Waals surface area (Å²) in [6.07, 6.45) is 1.12. The molecule has 3 heteroatoms.